The molecule has 0 unspecified atom stereocenters. The summed E-state index contributed by atoms with van der Waals surface area (Å²) in [4.78, 5) is 12.4. The van der Waals surface area contributed by atoms with E-state index in [0.717, 1.165) is 5.56 Å². The Hall–Kier alpha value is -2.09. The van der Waals surface area contributed by atoms with E-state index in [-0.39, 0.29) is 5.78 Å². The second-order valence-corrected chi connectivity index (χ2v) is 3.85. The fourth-order valence-corrected chi connectivity index (χ4v) is 1.84. The molecule has 0 atom stereocenters. The monoisotopic (exact) mass is 226 g/mol. The van der Waals surface area contributed by atoms with Gasteiger partial charge in [0.2, 0.25) is 0 Å². The Morgan fingerprint density at radius 2 is 1.71 bits per heavy atom. The normalized spacial score (nSPS) is 10.0. The van der Waals surface area contributed by atoms with Gasteiger partial charge in [0, 0.05) is 5.56 Å². The largest absolute Gasteiger partial charge is 0.496 e. The molecule has 86 valence electrons. The summed E-state index contributed by atoms with van der Waals surface area (Å²) in [6.07, 6.45) is 0. The number of benzene rings is 2. The van der Waals surface area contributed by atoms with E-state index in [4.69, 9.17) is 4.74 Å². The highest BCUT2D eigenvalue weighted by Gasteiger charge is 2.16. The van der Waals surface area contributed by atoms with Crippen LogP contribution in [-0.2, 0) is 0 Å². The Bertz CT molecular complexity index is 530. The summed E-state index contributed by atoms with van der Waals surface area (Å²) < 4.78 is 5.25. The van der Waals surface area contributed by atoms with Gasteiger partial charge in [0.05, 0.1) is 12.7 Å². The van der Waals surface area contributed by atoms with Crippen molar-refractivity contribution in [1.29, 1.82) is 0 Å². The molecular weight excluding hydrogens is 212 g/mol. The minimum Gasteiger partial charge on any atom is -0.496 e. The lowest BCUT2D eigenvalue weighted by Crippen LogP contribution is -2.06. The van der Waals surface area contributed by atoms with E-state index < -0.39 is 0 Å². The van der Waals surface area contributed by atoms with Gasteiger partial charge in [-0.1, -0.05) is 42.5 Å². The van der Waals surface area contributed by atoms with Crippen LogP contribution in [0.5, 0.6) is 5.75 Å². The molecule has 0 radical (unpaired) electrons. The van der Waals surface area contributed by atoms with E-state index in [2.05, 4.69) is 0 Å². The van der Waals surface area contributed by atoms with Gasteiger partial charge in [0.15, 0.2) is 5.78 Å². The smallest absolute Gasteiger partial charge is 0.197 e. The van der Waals surface area contributed by atoms with Gasteiger partial charge in [-0.25, -0.2) is 0 Å². The van der Waals surface area contributed by atoms with Gasteiger partial charge in [0.25, 0.3) is 0 Å². The maximum atomic E-state index is 12.4. The molecule has 0 spiro atoms. The van der Waals surface area contributed by atoms with E-state index in [0.29, 0.717) is 16.9 Å². The van der Waals surface area contributed by atoms with Crippen LogP contribution >= 0.6 is 0 Å². The quantitative estimate of drug-likeness (QED) is 0.751. The first kappa shape index (κ1) is 11.4. The van der Waals surface area contributed by atoms with Crippen LogP contribution in [0.2, 0.25) is 0 Å². The summed E-state index contributed by atoms with van der Waals surface area (Å²) in [6, 6.07) is 14.8. The first-order valence-corrected chi connectivity index (χ1v) is 5.47. The molecule has 0 aliphatic rings. The molecule has 17 heavy (non-hydrogen) atoms. The number of hydrogen-bond acceptors (Lipinski definition) is 2. The summed E-state index contributed by atoms with van der Waals surface area (Å²) in [7, 11) is 1.58. The van der Waals surface area contributed by atoms with Crippen molar-refractivity contribution in [3.8, 4) is 5.75 Å². The average Bonchev–Trinajstić information content (AvgIpc) is 2.38. The minimum absolute atomic E-state index is 0.000509. The maximum Gasteiger partial charge on any atom is 0.197 e. The topological polar surface area (TPSA) is 26.3 Å². The SMILES string of the molecule is COc1cccc(C)c1C(=O)c1ccccc1. The number of aryl methyl sites for hydroxylation is 1. The van der Waals surface area contributed by atoms with Gasteiger partial charge >= 0.3 is 0 Å². The van der Waals surface area contributed by atoms with Gasteiger partial charge in [-0.05, 0) is 18.6 Å². The number of hydrogen-bond donors (Lipinski definition) is 0. The number of ketones is 1. The summed E-state index contributed by atoms with van der Waals surface area (Å²) in [6.45, 7) is 1.92. The second-order valence-electron chi connectivity index (χ2n) is 3.85. The Labute approximate surface area is 101 Å². The first-order chi connectivity index (χ1) is 8.24. The van der Waals surface area contributed by atoms with Crippen molar-refractivity contribution in [2.24, 2.45) is 0 Å². The van der Waals surface area contributed by atoms with Crippen LogP contribution in [0.3, 0.4) is 0 Å². The molecule has 0 N–H and O–H groups in total. The number of carbonyl (C=O) groups is 1. The molecule has 0 bridgehead atoms. The highest BCUT2D eigenvalue weighted by molar-refractivity contribution is 6.11. The third kappa shape index (κ3) is 2.21. The fraction of sp³-hybridized carbons (Fsp3) is 0.133. The molecule has 0 aliphatic carbocycles. The fourth-order valence-electron chi connectivity index (χ4n) is 1.84. The Kier molecular flexibility index (Phi) is 3.24. The summed E-state index contributed by atoms with van der Waals surface area (Å²) in [5.41, 5.74) is 2.25. The van der Waals surface area contributed by atoms with E-state index in [9.17, 15) is 4.79 Å². The summed E-state index contributed by atoms with van der Waals surface area (Å²) in [5.74, 6) is 0.624. The van der Waals surface area contributed by atoms with Crippen molar-refractivity contribution in [3.05, 3.63) is 65.2 Å². The van der Waals surface area contributed by atoms with Gasteiger partial charge in [-0.3, -0.25) is 4.79 Å². The van der Waals surface area contributed by atoms with E-state index >= 15 is 0 Å². The lowest BCUT2D eigenvalue weighted by molar-refractivity contribution is 0.103. The van der Waals surface area contributed by atoms with Crippen LogP contribution in [0.15, 0.2) is 48.5 Å². The third-order valence-electron chi connectivity index (χ3n) is 2.72. The minimum atomic E-state index is 0.000509. The Morgan fingerprint density at radius 3 is 2.35 bits per heavy atom. The molecule has 0 fully saturated rings. The molecule has 0 aromatic heterocycles. The zero-order valence-electron chi connectivity index (χ0n) is 9.94. The van der Waals surface area contributed by atoms with Gasteiger partial charge < -0.3 is 4.74 Å². The lowest BCUT2D eigenvalue weighted by Gasteiger charge is -2.10. The Morgan fingerprint density at radius 1 is 1.00 bits per heavy atom. The van der Waals surface area contributed by atoms with E-state index in [1.165, 1.54) is 0 Å². The molecule has 2 rings (SSSR count). The van der Waals surface area contributed by atoms with Crippen molar-refractivity contribution in [1.82, 2.24) is 0 Å². The second kappa shape index (κ2) is 4.83. The predicted molar refractivity (Wildman–Crippen MR) is 67.6 cm³/mol. The van der Waals surface area contributed by atoms with Crippen LogP contribution in [0.4, 0.5) is 0 Å². The van der Waals surface area contributed by atoms with Crippen LogP contribution in [0.1, 0.15) is 21.5 Å². The van der Waals surface area contributed by atoms with Gasteiger partial charge in [-0.2, -0.15) is 0 Å². The maximum absolute atomic E-state index is 12.4. The van der Waals surface area contributed by atoms with Crippen molar-refractivity contribution < 1.29 is 9.53 Å². The van der Waals surface area contributed by atoms with Gasteiger partial charge in [-0.15, -0.1) is 0 Å². The first-order valence-electron chi connectivity index (χ1n) is 5.47. The van der Waals surface area contributed by atoms with Crippen LogP contribution in [0, 0.1) is 6.92 Å². The van der Waals surface area contributed by atoms with Crippen LogP contribution in [0.25, 0.3) is 0 Å². The molecule has 0 saturated heterocycles. The number of ether oxygens (including phenoxy) is 1. The number of rotatable bonds is 3. The summed E-state index contributed by atoms with van der Waals surface area (Å²) in [5, 5.41) is 0. The predicted octanol–water partition coefficient (Wildman–Crippen LogP) is 3.23. The zero-order chi connectivity index (χ0) is 12.3. The van der Waals surface area contributed by atoms with Crippen LogP contribution in [-0.4, -0.2) is 12.9 Å². The number of carbonyl (C=O) groups excluding carboxylic acids is 1. The Balaban J connectivity index is 2.51. The zero-order valence-corrected chi connectivity index (χ0v) is 9.94. The van der Waals surface area contributed by atoms with Crippen LogP contribution < -0.4 is 4.74 Å². The molecule has 2 aromatic rings. The van der Waals surface area contributed by atoms with Crippen molar-refractivity contribution in [2.75, 3.05) is 7.11 Å². The third-order valence-corrected chi connectivity index (χ3v) is 2.72. The molecule has 2 heteroatoms. The molecule has 2 aromatic carbocycles. The van der Waals surface area contributed by atoms with Crippen molar-refractivity contribution in [2.45, 2.75) is 6.92 Å². The molecule has 2 nitrogen and oxygen atoms in total. The highest BCUT2D eigenvalue weighted by atomic mass is 16.5. The molecular formula is C15H14O2. The average molecular weight is 226 g/mol. The molecule has 0 aliphatic heterocycles. The standard InChI is InChI=1S/C15H14O2/c1-11-7-6-10-13(17-2)14(11)15(16)12-8-4-3-5-9-12/h3-10H,1-2H3. The highest BCUT2D eigenvalue weighted by Crippen LogP contribution is 2.24. The van der Waals surface area contributed by atoms with E-state index in [1.54, 1.807) is 7.11 Å². The number of methoxy groups -OCH3 is 1. The summed E-state index contributed by atoms with van der Waals surface area (Å²) >= 11 is 0. The lowest BCUT2D eigenvalue weighted by atomic mass is 9.98. The van der Waals surface area contributed by atoms with Crippen molar-refractivity contribution in [3.63, 3.8) is 0 Å². The molecule has 0 saturated carbocycles. The molecule has 0 amide bonds. The molecule has 0 heterocycles. The van der Waals surface area contributed by atoms with E-state index in [1.807, 2.05) is 55.5 Å². The van der Waals surface area contributed by atoms with Gasteiger partial charge in [0.1, 0.15) is 5.75 Å². The van der Waals surface area contributed by atoms with Crippen molar-refractivity contribution >= 4 is 5.78 Å².